The number of aldehydes is 1. The van der Waals surface area contributed by atoms with Gasteiger partial charge in [-0.1, -0.05) is 19.8 Å². The van der Waals surface area contributed by atoms with E-state index in [9.17, 15) is 4.79 Å². The predicted octanol–water partition coefficient (Wildman–Crippen LogP) is 1.78. The van der Waals surface area contributed by atoms with Crippen LogP contribution in [0.2, 0.25) is 0 Å². The number of carbonyl (C=O) groups excluding carboxylic acids is 1. The molecule has 0 amide bonds. The van der Waals surface area contributed by atoms with E-state index in [-0.39, 0.29) is 12.0 Å². The summed E-state index contributed by atoms with van der Waals surface area (Å²) in [6.07, 6.45) is 5.62. The molecule has 0 aromatic carbocycles. The van der Waals surface area contributed by atoms with E-state index >= 15 is 0 Å². The van der Waals surface area contributed by atoms with Gasteiger partial charge in [-0.3, -0.25) is 0 Å². The molecule has 1 rings (SSSR count). The fourth-order valence-electron chi connectivity index (χ4n) is 1.52. The first kappa shape index (κ1) is 8.72. The molecule has 1 aliphatic rings. The summed E-state index contributed by atoms with van der Waals surface area (Å²) < 4.78 is 5.43. The summed E-state index contributed by atoms with van der Waals surface area (Å²) in [6, 6.07) is 0. The van der Waals surface area contributed by atoms with Crippen LogP contribution < -0.4 is 0 Å². The third kappa shape index (κ3) is 2.29. The normalized spacial score (nSPS) is 30.6. The summed E-state index contributed by atoms with van der Waals surface area (Å²) in [7, 11) is 0. The Bertz CT molecular complexity index is 123. The van der Waals surface area contributed by atoms with Crippen LogP contribution in [-0.2, 0) is 9.53 Å². The molecule has 11 heavy (non-hydrogen) atoms. The SMILES string of the molecule is CCCC[C@H]1OCCC1C=O. The standard InChI is InChI=1S/C9H16O2/c1-2-3-4-9-8(7-10)5-6-11-9/h7-9H,2-6H2,1H3/t8?,9-/m1/s1. The molecule has 1 fully saturated rings. The predicted molar refractivity (Wildman–Crippen MR) is 43.4 cm³/mol. The zero-order valence-corrected chi connectivity index (χ0v) is 7.08. The fourth-order valence-corrected chi connectivity index (χ4v) is 1.52. The molecule has 0 bridgehead atoms. The third-order valence-corrected chi connectivity index (χ3v) is 2.28. The van der Waals surface area contributed by atoms with E-state index in [0.717, 1.165) is 25.7 Å². The average Bonchev–Trinajstić information content (AvgIpc) is 2.47. The number of hydrogen-bond donors (Lipinski definition) is 0. The molecule has 2 atom stereocenters. The molecule has 0 aliphatic carbocycles. The number of hydrogen-bond acceptors (Lipinski definition) is 2. The van der Waals surface area contributed by atoms with E-state index < -0.39 is 0 Å². The van der Waals surface area contributed by atoms with Crippen LogP contribution in [0.5, 0.6) is 0 Å². The van der Waals surface area contributed by atoms with Gasteiger partial charge in [0.2, 0.25) is 0 Å². The Kier molecular flexibility index (Phi) is 3.57. The first-order valence-corrected chi connectivity index (χ1v) is 4.45. The molecule has 2 nitrogen and oxygen atoms in total. The smallest absolute Gasteiger partial charge is 0.125 e. The van der Waals surface area contributed by atoms with Crippen LogP contribution in [0.1, 0.15) is 32.6 Å². The highest BCUT2D eigenvalue weighted by molar-refractivity contribution is 5.54. The Labute approximate surface area is 67.9 Å². The van der Waals surface area contributed by atoms with Gasteiger partial charge in [-0.05, 0) is 12.8 Å². The Balaban J connectivity index is 2.25. The molecule has 0 aromatic heterocycles. The quantitative estimate of drug-likeness (QED) is 0.580. The zero-order valence-electron chi connectivity index (χ0n) is 7.08. The van der Waals surface area contributed by atoms with Gasteiger partial charge in [0.25, 0.3) is 0 Å². The maximum Gasteiger partial charge on any atom is 0.125 e. The first-order valence-electron chi connectivity index (χ1n) is 4.45. The molecule has 64 valence electrons. The number of unbranched alkanes of at least 4 members (excludes halogenated alkanes) is 1. The van der Waals surface area contributed by atoms with Gasteiger partial charge in [0.15, 0.2) is 0 Å². The molecule has 1 unspecified atom stereocenters. The maximum atomic E-state index is 10.5. The molecule has 0 aromatic rings. The van der Waals surface area contributed by atoms with Crippen molar-refractivity contribution >= 4 is 6.29 Å². The first-order chi connectivity index (χ1) is 5.38. The van der Waals surface area contributed by atoms with Gasteiger partial charge in [0.05, 0.1) is 6.10 Å². The molecular weight excluding hydrogens is 140 g/mol. The van der Waals surface area contributed by atoms with E-state index in [0.29, 0.717) is 0 Å². The second-order valence-corrected chi connectivity index (χ2v) is 3.14. The number of carbonyl (C=O) groups is 1. The lowest BCUT2D eigenvalue weighted by Crippen LogP contribution is -2.16. The zero-order chi connectivity index (χ0) is 8.10. The van der Waals surface area contributed by atoms with Crippen molar-refractivity contribution in [2.24, 2.45) is 5.92 Å². The highest BCUT2D eigenvalue weighted by atomic mass is 16.5. The molecule has 1 aliphatic heterocycles. The van der Waals surface area contributed by atoms with Crippen molar-refractivity contribution in [2.45, 2.75) is 38.7 Å². The molecule has 0 saturated carbocycles. The van der Waals surface area contributed by atoms with Crippen molar-refractivity contribution in [3.05, 3.63) is 0 Å². The highest BCUT2D eigenvalue weighted by Gasteiger charge is 2.26. The van der Waals surface area contributed by atoms with Crippen LogP contribution in [0, 0.1) is 5.92 Å². The average molecular weight is 156 g/mol. The Morgan fingerprint density at radius 2 is 2.45 bits per heavy atom. The van der Waals surface area contributed by atoms with Crippen molar-refractivity contribution in [1.82, 2.24) is 0 Å². The lowest BCUT2D eigenvalue weighted by atomic mass is 9.99. The van der Waals surface area contributed by atoms with E-state index in [4.69, 9.17) is 4.74 Å². The van der Waals surface area contributed by atoms with Gasteiger partial charge in [-0.2, -0.15) is 0 Å². The fraction of sp³-hybridized carbons (Fsp3) is 0.889. The lowest BCUT2D eigenvalue weighted by Gasteiger charge is -2.11. The maximum absolute atomic E-state index is 10.5. The van der Waals surface area contributed by atoms with Gasteiger partial charge in [0.1, 0.15) is 6.29 Å². The molecule has 1 heterocycles. The molecule has 0 spiro atoms. The van der Waals surface area contributed by atoms with Crippen molar-refractivity contribution < 1.29 is 9.53 Å². The summed E-state index contributed by atoms with van der Waals surface area (Å²) in [5.74, 6) is 0.182. The van der Waals surface area contributed by atoms with Crippen LogP contribution >= 0.6 is 0 Å². The van der Waals surface area contributed by atoms with Gasteiger partial charge in [0, 0.05) is 12.5 Å². The second kappa shape index (κ2) is 4.50. The monoisotopic (exact) mass is 156 g/mol. The van der Waals surface area contributed by atoms with E-state index in [1.54, 1.807) is 0 Å². The number of ether oxygens (including phenoxy) is 1. The van der Waals surface area contributed by atoms with Crippen LogP contribution in [0.4, 0.5) is 0 Å². The Morgan fingerprint density at radius 3 is 3.09 bits per heavy atom. The largest absolute Gasteiger partial charge is 0.377 e. The van der Waals surface area contributed by atoms with Crippen LogP contribution in [0.3, 0.4) is 0 Å². The minimum atomic E-state index is 0.182. The Hall–Kier alpha value is -0.370. The third-order valence-electron chi connectivity index (χ3n) is 2.28. The van der Waals surface area contributed by atoms with Crippen molar-refractivity contribution in [1.29, 1.82) is 0 Å². The molecule has 2 heteroatoms. The van der Waals surface area contributed by atoms with Crippen LogP contribution in [0.15, 0.2) is 0 Å². The minimum Gasteiger partial charge on any atom is -0.377 e. The van der Waals surface area contributed by atoms with Gasteiger partial charge in [-0.25, -0.2) is 0 Å². The van der Waals surface area contributed by atoms with Gasteiger partial charge in [-0.15, -0.1) is 0 Å². The molecule has 0 radical (unpaired) electrons. The highest BCUT2D eigenvalue weighted by Crippen LogP contribution is 2.22. The van der Waals surface area contributed by atoms with Gasteiger partial charge >= 0.3 is 0 Å². The summed E-state index contributed by atoms with van der Waals surface area (Å²) in [5.41, 5.74) is 0. The van der Waals surface area contributed by atoms with E-state index in [2.05, 4.69) is 6.92 Å². The topological polar surface area (TPSA) is 26.3 Å². The summed E-state index contributed by atoms with van der Waals surface area (Å²) in [6.45, 7) is 2.93. The summed E-state index contributed by atoms with van der Waals surface area (Å²) >= 11 is 0. The van der Waals surface area contributed by atoms with E-state index in [1.165, 1.54) is 12.8 Å². The van der Waals surface area contributed by atoms with Crippen LogP contribution in [-0.4, -0.2) is 19.0 Å². The summed E-state index contributed by atoms with van der Waals surface area (Å²) in [4.78, 5) is 10.5. The lowest BCUT2D eigenvalue weighted by molar-refractivity contribution is -0.112. The van der Waals surface area contributed by atoms with Crippen molar-refractivity contribution in [3.63, 3.8) is 0 Å². The van der Waals surface area contributed by atoms with Crippen molar-refractivity contribution in [3.8, 4) is 0 Å². The number of rotatable bonds is 4. The van der Waals surface area contributed by atoms with Crippen LogP contribution in [0.25, 0.3) is 0 Å². The van der Waals surface area contributed by atoms with E-state index in [1.807, 2.05) is 0 Å². The molecule has 1 saturated heterocycles. The van der Waals surface area contributed by atoms with Gasteiger partial charge < -0.3 is 9.53 Å². The second-order valence-electron chi connectivity index (χ2n) is 3.14. The Morgan fingerprint density at radius 1 is 1.64 bits per heavy atom. The molecular formula is C9H16O2. The molecule has 0 N–H and O–H groups in total. The summed E-state index contributed by atoms with van der Waals surface area (Å²) in [5, 5.41) is 0. The van der Waals surface area contributed by atoms with Crippen molar-refractivity contribution in [2.75, 3.05) is 6.61 Å². The minimum absolute atomic E-state index is 0.182.